The van der Waals surface area contributed by atoms with Crippen LogP contribution in [0.4, 0.5) is 5.69 Å². The smallest absolute Gasteiger partial charge is 0.269 e. The zero-order valence-corrected chi connectivity index (χ0v) is 15.7. The van der Waals surface area contributed by atoms with Crippen molar-refractivity contribution >= 4 is 40.7 Å². The summed E-state index contributed by atoms with van der Waals surface area (Å²) < 4.78 is 0. The van der Waals surface area contributed by atoms with Crippen molar-refractivity contribution in [2.75, 3.05) is 6.38 Å². The molecule has 0 aliphatic heterocycles. The summed E-state index contributed by atoms with van der Waals surface area (Å²) in [5.41, 5.74) is 2.07. The SMILES string of the molecule is CC(/C=C/C(C#N)c1nc(-c2ccc([N+](=O)[O-])cc2)cs1)=NC=N.CCl. The van der Waals surface area contributed by atoms with Gasteiger partial charge in [0.1, 0.15) is 17.3 Å². The lowest BCUT2D eigenvalue weighted by molar-refractivity contribution is -0.384. The van der Waals surface area contributed by atoms with E-state index in [9.17, 15) is 15.4 Å². The number of nitrogens with zero attached hydrogens (tertiary/aromatic N) is 4. The molecule has 0 spiro atoms. The number of allylic oxidation sites excluding steroid dienone is 2. The molecule has 0 bridgehead atoms. The van der Waals surface area contributed by atoms with Crippen LogP contribution in [0, 0.1) is 26.9 Å². The maximum Gasteiger partial charge on any atom is 0.269 e. The van der Waals surface area contributed by atoms with Gasteiger partial charge in [-0.25, -0.2) is 9.98 Å². The van der Waals surface area contributed by atoms with Crippen LogP contribution in [-0.4, -0.2) is 28.3 Å². The van der Waals surface area contributed by atoms with Gasteiger partial charge in [-0.15, -0.1) is 22.9 Å². The predicted octanol–water partition coefficient (Wildman–Crippen LogP) is 4.80. The van der Waals surface area contributed by atoms with Crippen molar-refractivity contribution in [2.24, 2.45) is 4.99 Å². The van der Waals surface area contributed by atoms with Gasteiger partial charge in [0.05, 0.1) is 16.7 Å². The molecule has 0 fully saturated rings. The van der Waals surface area contributed by atoms with Crippen molar-refractivity contribution in [1.82, 2.24) is 4.98 Å². The fourth-order valence-corrected chi connectivity index (χ4v) is 2.73. The molecule has 0 saturated carbocycles. The zero-order chi connectivity index (χ0) is 19.5. The van der Waals surface area contributed by atoms with E-state index in [1.54, 1.807) is 31.2 Å². The molecule has 7 nitrogen and oxygen atoms in total. The first kappa shape index (κ1) is 21.2. The van der Waals surface area contributed by atoms with Crippen LogP contribution in [-0.2, 0) is 0 Å². The van der Waals surface area contributed by atoms with Crippen LogP contribution in [0.2, 0.25) is 0 Å². The molecular formula is C17H16ClN5O2S. The summed E-state index contributed by atoms with van der Waals surface area (Å²) in [4.78, 5) is 18.5. The van der Waals surface area contributed by atoms with Gasteiger partial charge >= 0.3 is 0 Å². The van der Waals surface area contributed by atoms with Crippen molar-refractivity contribution in [2.45, 2.75) is 12.8 Å². The van der Waals surface area contributed by atoms with Gasteiger partial charge in [0.25, 0.3) is 5.69 Å². The van der Waals surface area contributed by atoms with Gasteiger partial charge in [0, 0.05) is 35.2 Å². The molecule has 9 heteroatoms. The van der Waals surface area contributed by atoms with Gasteiger partial charge in [-0.1, -0.05) is 6.08 Å². The number of hydrogen-bond acceptors (Lipinski definition) is 6. The Morgan fingerprint density at radius 1 is 1.46 bits per heavy atom. The van der Waals surface area contributed by atoms with Crippen LogP contribution in [0.3, 0.4) is 0 Å². The van der Waals surface area contributed by atoms with Crippen molar-refractivity contribution < 1.29 is 4.92 Å². The van der Waals surface area contributed by atoms with Crippen molar-refractivity contribution in [1.29, 1.82) is 10.7 Å². The van der Waals surface area contributed by atoms with Crippen LogP contribution in [0.5, 0.6) is 0 Å². The number of aromatic nitrogens is 1. The van der Waals surface area contributed by atoms with Gasteiger partial charge < -0.3 is 0 Å². The summed E-state index contributed by atoms with van der Waals surface area (Å²) in [6, 6.07) is 8.28. The van der Waals surface area contributed by atoms with Gasteiger partial charge in [0.2, 0.25) is 0 Å². The fraction of sp³-hybridized carbons (Fsp3) is 0.176. The average molecular weight is 390 g/mol. The molecule has 2 rings (SSSR count). The molecule has 0 radical (unpaired) electrons. The molecular weight excluding hydrogens is 374 g/mol. The topological polar surface area (TPSA) is 116 Å². The van der Waals surface area contributed by atoms with Crippen molar-refractivity contribution in [3.05, 3.63) is 56.9 Å². The van der Waals surface area contributed by atoms with Crippen LogP contribution < -0.4 is 0 Å². The van der Waals surface area contributed by atoms with Gasteiger partial charge in [-0.3, -0.25) is 15.5 Å². The lowest BCUT2D eigenvalue weighted by atomic mass is 10.1. The van der Waals surface area contributed by atoms with Gasteiger partial charge in [-0.05, 0) is 25.1 Å². The zero-order valence-electron chi connectivity index (χ0n) is 14.1. The van der Waals surface area contributed by atoms with Crippen LogP contribution in [0.25, 0.3) is 11.3 Å². The van der Waals surface area contributed by atoms with E-state index in [2.05, 4.69) is 27.6 Å². The predicted molar refractivity (Wildman–Crippen MR) is 105 cm³/mol. The number of halogens is 1. The van der Waals surface area contributed by atoms with Gasteiger partial charge in [-0.2, -0.15) is 5.26 Å². The number of thiazole rings is 1. The summed E-state index contributed by atoms with van der Waals surface area (Å²) in [5.74, 6) is -0.516. The minimum absolute atomic E-state index is 0.0213. The molecule has 1 N–H and O–H groups in total. The molecule has 0 saturated heterocycles. The molecule has 0 aliphatic rings. The number of nitriles is 1. The summed E-state index contributed by atoms with van der Waals surface area (Å²) >= 11 is 5.99. The average Bonchev–Trinajstić information content (AvgIpc) is 3.14. The number of aliphatic imine (C=N–C) groups is 1. The lowest BCUT2D eigenvalue weighted by Crippen LogP contribution is -1.93. The van der Waals surface area contributed by atoms with Crippen molar-refractivity contribution in [3.63, 3.8) is 0 Å². The highest BCUT2D eigenvalue weighted by atomic mass is 35.5. The third-order valence-electron chi connectivity index (χ3n) is 3.10. The summed E-state index contributed by atoms with van der Waals surface area (Å²) in [6.07, 6.45) is 5.77. The fourth-order valence-electron chi connectivity index (χ4n) is 1.88. The second-order valence-electron chi connectivity index (χ2n) is 4.74. The number of non-ortho nitro benzene ring substituents is 1. The first-order valence-electron chi connectivity index (χ1n) is 7.24. The number of alkyl halides is 1. The second kappa shape index (κ2) is 10.9. The molecule has 1 atom stereocenters. The largest absolute Gasteiger partial charge is 0.290 e. The lowest BCUT2D eigenvalue weighted by Gasteiger charge is -1.99. The maximum absolute atomic E-state index is 10.7. The van der Waals surface area contributed by atoms with E-state index in [1.165, 1.54) is 29.9 Å². The molecule has 1 aromatic carbocycles. The molecule has 1 unspecified atom stereocenters. The summed E-state index contributed by atoms with van der Waals surface area (Å²) in [7, 11) is 0. The summed E-state index contributed by atoms with van der Waals surface area (Å²) in [6.45, 7) is 1.74. The van der Waals surface area contributed by atoms with E-state index in [-0.39, 0.29) is 5.69 Å². The van der Waals surface area contributed by atoms with E-state index < -0.39 is 10.8 Å². The Bertz CT molecular complexity index is 853. The highest BCUT2D eigenvalue weighted by Crippen LogP contribution is 2.28. The number of nitro groups is 1. The highest BCUT2D eigenvalue weighted by molar-refractivity contribution is 7.10. The molecule has 2 aromatic rings. The minimum Gasteiger partial charge on any atom is -0.290 e. The number of nitro benzene ring substituents is 1. The van der Waals surface area contributed by atoms with E-state index in [1.807, 2.05) is 5.38 Å². The van der Waals surface area contributed by atoms with E-state index in [0.717, 1.165) is 11.9 Å². The summed E-state index contributed by atoms with van der Waals surface area (Å²) in [5, 5.41) is 29.3. The first-order valence-corrected chi connectivity index (χ1v) is 8.88. The van der Waals surface area contributed by atoms with E-state index in [0.29, 0.717) is 16.4 Å². The maximum atomic E-state index is 10.7. The van der Waals surface area contributed by atoms with Crippen LogP contribution in [0.1, 0.15) is 17.8 Å². The quantitative estimate of drug-likeness (QED) is 0.251. The van der Waals surface area contributed by atoms with E-state index in [4.69, 9.17) is 5.41 Å². The third kappa shape index (κ3) is 5.88. The van der Waals surface area contributed by atoms with Crippen molar-refractivity contribution in [3.8, 4) is 17.3 Å². The standard InChI is InChI=1S/C16H13N5O2S.CH3Cl/c1-11(19-10-18)2-3-13(8-17)16-20-15(9-24-16)12-4-6-14(7-5-12)21(22)23;1-2/h2-7,9-10,13,18H,1H3;1H3/b3-2+,18-10?,19-11?;. The number of hydrogen-bond donors (Lipinski definition) is 1. The second-order valence-corrected chi connectivity index (χ2v) is 5.63. The Hall–Kier alpha value is -2.89. The number of benzene rings is 1. The molecule has 1 aromatic heterocycles. The Morgan fingerprint density at radius 2 is 2.12 bits per heavy atom. The molecule has 26 heavy (non-hydrogen) atoms. The Balaban J connectivity index is 0.00000163. The first-order chi connectivity index (χ1) is 12.5. The Kier molecular flexibility index (Phi) is 8.84. The van der Waals surface area contributed by atoms with Gasteiger partial charge in [0.15, 0.2) is 0 Å². The monoisotopic (exact) mass is 389 g/mol. The number of nitrogens with one attached hydrogen (secondary N) is 1. The third-order valence-corrected chi connectivity index (χ3v) is 4.03. The van der Waals surface area contributed by atoms with Crippen LogP contribution in [0.15, 0.2) is 46.8 Å². The number of rotatable bonds is 6. The minimum atomic E-state index is -0.516. The highest BCUT2D eigenvalue weighted by Gasteiger charge is 2.13. The molecule has 134 valence electrons. The Morgan fingerprint density at radius 3 is 2.65 bits per heavy atom. The Labute approximate surface area is 160 Å². The molecule has 0 amide bonds. The molecule has 0 aliphatic carbocycles. The normalized spacial score (nSPS) is 12.0. The van der Waals surface area contributed by atoms with E-state index >= 15 is 0 Å². The van der Waals surface area contributed by atoms with Crippen LogP contribution >= 0.6 is 22.9 Å². The molecule has 1 heterocycles.